The first-order valence-corrected chi connectivity index (χ1v) is 15.0. The molecular weight excluding hydrogens is 554 g/mol. The molecule has 0 radical (unpaired) electrons. The smallest absolute Gasteiger partial charge is 0.340 e. The van der Waals surface area contributed by atoms with Crippen LogP contribution in [0.15, 0.2) is 48.5 Å². The number of hydrogen-bond acceptors (Lipinski definition) is 8. The van der Waals surface area contributed by atoms with Gasteiger partial charge in [0.2, 0.25) is 12.7 Å². The van der Waals surface area contributed by atoms with Gasteiger partial charge in [0.1, 0.15) is 4.83 Å². The van der Waals surface area contributed by atoms with Gasteiger partial charge in [0.15, 0.2) is 11.5 Å². The molecule has 0 unspecified atom stereocenters. The van der Waals surface area contributed by atoms with Gasteiger partial charge in [-0.25, -0.2) is 9.78 Å². The summed E-state index contributed by atoms with van der Waals surface area (Å²) in [6, 6.07) is 15.0. The number of aromatic nitrogens is 1. The lowest BCUT2D eigenvalue weighted by atomic mass is 9.91. The molecule has 3 aliphatic rings. The van der Waals surface area contributed by atoms with Crippen molar-refractivity contribution in [3.63, 3.8) is 0 Å². The molecule has 2 aromatic carbocycles. The van der Waals surface area contributed by atoms with Crippen LogP contribution >= 0.6 is 11.3 Å². The van der Waals surface area contributed by atoms with E-state index in [1.807, 2.05) is 53.4 Å². The summed E-state index contributed by atoms with van der Waals surface area (Å²) >= 11 is 1.54. The molecule has 4 aromatic rings. The number of carbonyl (C=O) groups is 3. The second kappa shape index (κ2) is 10.8. The highest BCUT2D eigenvalue weighted by molar-refractivity contribution is 7.19. The van der Waals surface area contributed by atoms with E-state index in [-0.39, 0.29) is 31.8 Å². The van der Waals surface area contributed by atoms with Crippen molar-refractivity contribution in [1.29, 1.82) is 0 Å². The first-order valence-electron chi connectivity index (χ1n) is 14.2. The summed E-state index contributed by atoms with van der Waals surface area (Å²) in [5, 5.41) is 0.889. The van der Waals surface area contributed by atoms with Crippen LogP contribution < -0.4 is 9.47 Å². The number of amides is 2. The third-order valence-corrected chi connectivity index (χ3v) is 9.13. The molecule has 9 nitrogen and oxygen atoms in total. The third kappa shape index (κ3) is 4.56. The van der Waals surface area contributed by atoms with Gasteiger partial charge in [-0.15, -0.1) is 11.3 Å². The number of fused-ring (bicyclic) bond motifs is 4. The van der Waals surface area contributed by atoms with Crippen LogP contribution in [0, 0.1) is 0 Å². The van der Waals surface area contributed by atoms with Crippen LogP contribution in [0.1, 0.15) is 56.6 Å². The molecular formula is C32H29N3O6S. The molecule has 0 saturated carbocycles. The number of carbonyl (C=O) groups excluding carboxylic acids is 3. The molecule has 3 aliphatic heterocycles. The molecule has 10 heteroatoms. The number of likely N-dealkylation sites (tertiary alicyclic amines) is 1. The fraction of sp³-hybridized carbons (Fsp3) is 0.312. The average molecular weight is 584 g/mol. The molecule has 1 fully saturated rings. The minimum atomic E-state index is -0.474. The fourth-order valence-corrected chi connectivity index (χ4v) is 7.30. The van der Waals surface area contributed by atoms with Gasteiger partial charge >= 0.3 is 5.97 Å². The van der Waals surface area contributed by atoms with Gasteiger partial charge in [0.25, 0.3) is 5.91 Å². The second-order valence-electron chi connectivity index (χ2n) is 10.5. The highest BCUT2D eigenvalue weighted by Crippen LogP contribution is 2.45. The van der Waals surface area contributed by atoms with Crippen molar-refractivity contribution in [2.24, 2.45) is 0 Å². The lowest BCUT2D eigenvalue weighted by Crippen LogP contribution is -2.35. The van der Waals surface area contributed by atoms with Gasteiger partial charge in [-0.3, -0.25) is 9.59 Å². The Bertz CT molecular complexity index is 1730. The second-order valence-corrected chi connectivity index (χ2v) is 11.6. The van der Waals surface area contributed by atoms with Crippen molar-refractivity contribution >= 4 is 39.3 Å². The van der Waals surface area contributed by atoms with E-state index in [1.54, 1.807) is 23.2 Å². The summed E-state index contributed by atoms with van der Waals surface area (Å²) in [6.07, 6.45) is 1.90. The SMILES string of the molecule is CCOC(=O)c1c(CN2CCCC2=O)nc2sc3c(c2c1-c1ccc2c(c1)OCO2)CCN(C(=O)c1ccccc1)C3. The molecule has 214 valence electrons. The van der Waals surface area contributed by atoms with Crippen LogP contribution in [0.2, 0.25) is 0 Å². The Kier molecular flexibility index (Phi) is 6.78. The molecule has 0 aliphatic carbocycles. The molecule has 7 rings (SSSR count). The number of nitrogens with zero attached hydrogens (tertiary/aromatic N) is 3. The zero-order valence-electron chi connectivity index (χ0n) is 23.2. The molecule has 2 aromatic heterocycles. The summed E-state index contributed by atoms with van der Waals surface area (Å²) in [5.41, 5.74) is 4.13. The Balaban J connectivity index is 1.41. The van der Waals surface area contributed by atoms with E-state index >= 15 is 0 Å². The number of benzene rings is 2. The highest BCUT2D eigenvalue weighted by Gasteiger charge is 2.33. The van der Waals surface area contributed by atoms with Gasteiger partial charge in [0, 0.05) is 40.9 Å². The Morgan fingerprint density at radius 1 is 1.05 bits per heavy atom. The Morgan fingerprint density at radius 3 is 2.67 bits per heavy atom. The first-order chi connectivity index (χ1) is 20.5. The number of pyridine rings is 1. The number of esters is 1. The molecule has 0 bridgehead atoms. The van der Waals surface area contributed by atoms with Crippen LogP contribution in [-0.4, -0.2) is 59.1 Å². The molecule has 1 saturated heterocycles. The van der Waals surface area contributed by atoms with Crippen LogP contribution in [0.5, 0.6) is 11.5 Å². The van der Waals surface area contributed by atoms with Crippen LogP contribution in [-0.2, 0) is 29.0 Å². The molecule has 42 heavy (non-hydrogen) atoms. The van der Waals surface area contributed by atoms with Crippen molar-refractivity contribution in [2.75, 3.05) is 26.5 Å². The summed E-state index contributed by atoms with van der Waals surface area (Å²) in [5.74, 6) is 0.817. The minimum Gasteiger partial charge on any atom is -0.462 e. The van der Waals surface area contributed by atoms with E-state index in [1.165, 1.54) is 0 Å². The van der Waals surface area contributed by atoms with Crippen LogP contribution in [0.25, 0.3) is 21.3 Å². The van der Waals surface area contributed by atoms with Crippen molar-refractivity contribution in [3.8, 4) is 22.6 Å². The van der Waals surface area contributed by atoms with Gasteiger partial charge < -0.3 is 24.0 Å². The summed E-state index contributed by atoms with van der Waals surface area (Å²) < 4.78 is 16.9. The summed E-state index contributed by atoms with van der Waals surface area (Å²) in [6.45, 7) is 3.97. The Hall–Kier alpha value is -4.44. The zero-order chi connectivity index (χ0) is 28.8. The van der Waals surface area contributed by atoms with Crippen LogP contribution in [0.3, 0.4) is 0 Å². The van der Waals surface area contributed by atoms with Crippen molar-refractivity contribution in [1.82, 2.24) is 14.8 Å². The van der Waals surface area contributed by atoms with E-state index in [2.05, 4.69) is 0 Å². The third-order valence-electron chi connectivity index (χ3n) is 8.02. The Labute approximate surface area is 246 Å². The van der Waals surface area contributed by atoms with Gasteiger partial charge in [-0.05, 0) is 55.2 Å². The maximum atomic E-state index is 13.7. The quantitative estimate of drug-likeness (QED) is 0.288. The van der Waals surface area contributed by atoms with E-state index < -0.39 is 5.97 Å². The van der Waals surface area contributed by atoms with Crippen molar-refractivity contribution in [2.45, 2.75) is 39.3 Å². The topological polar surface area (TPSA) is 98.3 Å². The summed E-state index contributed by atoms with van der Waals surface area (Å²) in [7, 11) is 0. The maximum absolute atomic E-state index is 13.7. The molecule has 0 N–H and O–H groups in total. The van der Waals surface area contributed by atoms with Crippen LogP contribution in [0.4, 0.5) is 0 Å². The molecule has 2 amide bonds. The minimum absolute atomic E-state index is 0.0110. The fourth-order valence-electron chi connectivity index (χ4n) is 6.04. The normalized spacial score (nSPS) is 15.8. The number of thiophene rings is 1. The highest BCUT2D eigenvalue weighted by atomic mass is 32.1. The van der Waals surface area contributed by atoms with Crippen molar-refractivity contribution in [3.05, 3.63) is 75.8 Å². The predicted octanol–water partition coefficient (Wildman–Crippen LogP) is 5.19. The summed E-state index contributed by atoms with van der Waals surface area (Å²) in [4.78, 5) is 50.1. The standard InChI is InChI=1S/C32H29N3O6S/c1-2-39-32(38)29-22(16-34-13-6-9-26(34)36)33-30-28(27(29)20-10-11-23-24(15-20)41-18-40-23)21-12-14-35(17-25(21)42-30)31(37)19-7-4-3-5-8-19/h3-5,7-8,10-11,15H,2,6,9,12-14,16-18H2,1H3. The van der Waals surface area contributed by atoms with E-state index in [0.29, 0.717) is 60.8 Å². The maximum Gasteiger partial charge on any atom is 0.340 e. The van der Waals surface area contributed by atoms with E-state index in [4.69, 9.17) is 19.2 Å². The Morgan fingerprint density at radius 2 is 1.88 bits per heavy atom. The average Bonchev–Trinajstić information content (AvgIpc) is 3.74. The molecule has 0 atom stereocenters. The van der Waals surface area contributed by atoms with E-state index in [0.717, 1.165) is 38.2 Å². The lowest BCUT2D eigenvalue weighted by molar-refractivity contribution is -0.128. The zero-order valence-corrected chi connectivity index (χ0v) is 24.0. The molecule has 5 heterocycles. The molecule has 0 spiro atoms. The first kappa shape index (κ1) is 26.5. The van der Waals surface area contributed by atoms with E-state index in [9.17, 15) is 14.4 Å². The van der Waals surface area contributed by atoms with Gasteiger partial charge in [-0.1, -0.05) is 24.3 Å². The number of rotatable bonds is 6. The van der Waals surface area contributed by atoms with Gasteiger partial charge in [-0.2, -0.15) is 0 Å². The lowest BCUT2D eigenvalue weighted by Gasteiger charge is -2.27. The predicted molar refractivity (Wildman–Crippen MR) is 157 cm³/mol. The largest absolute Gasteiger partial charge is 0.462 e. The number of ether oxygens (including phenoxy) is 3. The van der Waals surface area contributed by atoms with Gasteiger partial charge in [0.05, 0.1) is 31.0 Å². The number of hydrogen-bond donors (Lipinski definition) is 0. The van der Waals surface area contributed by atoms with Crippen molar-refractivity contribution < 1.29 is 28.6 Å². The monoisotopic (exact) mass is 583 g/mol.